The minimum absolute atomic E-state index is 0.204. The summed E-state index contributed by atoms with van der Waals surface area (Å²) in [5.41, 5.74) is 0. The molecule has 86 valence electrons. The molecule has 0 aliphatic heterocycles. The maximum atomic E-state index is 11.0. The van der Waals surface area contributed by atoms with Crippen molar-refractivity contribution in [2.45, 2.75) is 11.8 Å². The predicted molar refractivity (Wildman–Crippen MR) is 56.7 cm³/mol. The van der Waals surface area contributed by atoms with E-state index in [0.29, 0.717) is 0 Å². The van der Waals surface area contributed by atoms with E-state index in [-0.39, 0.29) is 10.6 Å². The monoisotopic (exact) mass is 242 g/mol. The molecule has 1 N–H and O–H groups in total. The van der Waals surface area contributed by atoms with Gasteiger partial charge in [-0.3, -0.25) is 4.55 Å². The zero-order valence-corrected chi connectivity index (χ0v) is 9.27. The second-order valence-electron chi connectivity index (χ2n) is 2.87. The van der Waals surface area contributed by atoms with Gasteiger partial charge in [-0.2, -0.15) is 8.42 Å². The molecular formula is C10H10O5S. The lowest BCUT2D eigenvalue weighted by molar-refractivity contribution is -0.129. The van der Waals surface area contributed by atoms with Crippen molar-refractivity contribution in [1.29, 1.82) is 0 Å². The second kappa shape index (κ2) is 4.91. The molecule has 1 rings (SSSR count). The Morgan fingerprint density at radius 1 is 1.31 bits per heavy atom. The fraction of sp³-hybridized carbons (Fsp3) is 0.100. The summed E-state index contributed by atoms with van der Waals surface area (Å²) in [6, 6.07) is 4.86. The van der Waals surface area contributed by atoms with Crippen LogP contribution in [0.3, 0.4) is 0 Å². The number of esters is 1. The molecule has 0 amide bonds. The lowest BCUT2D eigenvalue weighted by Crippen LogP contribution is -2.04. The normalized spacial score (nSPS) is 11.6. The van der Waals surface area contributed by atoms with E-state index in [1.54, 1.807) is 6.92 Å². The molecule has 0 fully saturated rings. The molecule has 1 aromatic rings. The molecule has 6 heteroatoms. The van der Waals surface area contributed by atoms with Crippen LogP contribution < -0.4 is 4.74 Å². The second-order valence-corrected chi connectivity index (χ2v) is 4.29. The van der Waals surface area contributed by atoms with Crippen LogP contribution in [0.15, 0.2) is 41.3 Å². The summed E-state index contributed by atoms with van der Waals surface area (Å²) in [5, 5.41) is 0. The van der Waals surface area contributed by atoms with E-state index in [2.05, 4.69) is 0 Å². The number of rotatable bonds is 3. The van der Waals surface area contributed by atoms with Crippen molar-refractivity contribution in [3.05, 3.63) is 36.4 Å². The van der Waals surface area contributed by atoms with Crippen LogP contribution in [-0.4, -0.2) is 18.9 Å². The van der Waals surface area contributed by atoms with Crippen LogP contribution in [-0.2, 0) is 14.9 Å². The van der Waals surface area contributed by atoms with Gasteiger partial charge in [-0.05, 0) is 31.2 Å². The molecule has 0 aromatic heterocycles. The van der Waals surface area contributed by atoms with Gasteiger partial charge in [0.05, 0.1) is 4.90 Å². The lowest BCUT2D eigenvalue weighted by atomic mass is 10.3. The summed E-state index contributed by atoms with van der Waals surface area (Å²) in [7, 11) is -4.21. The Bertz CT molecular complexity index is 499. The summed E-state index contributed by atoms with van der Waals surface area (Å²) in [6.45, 7) is 1.67. The Labute approximate surface area is 93.1 Å². The van der Waals surface area contributed by atoms with E-state index >= 15 is 0 Å². The van der Waals surface area contributed by atoms with Gasteiger partial charge in [-0.15, -0.1) is 0 Å². The summed E-state index contributed by atoms with van der Waals surface area (Å²) < 4.78 is 34.9. The van der Waals surface area contributed by atoms with Crippen LogP contribution in [0.4, 0.5) is 0 Å². The van der Waals surface area contributed by atoms with Gasteiger partial charge in [0.2, 0.25) is 0 Å². The van der Waals surface area contributed by atoms with Crippen LogP contribution in [0.5, 0.6) is 5.75 Å². The van der Waals surface area contributed by atoms with Crippen LogP contribution >= 0.6 is 0 Å². The third-order valence-electron chi connectivity index (χ3n) is 1.64. The molecule has 0 radical (unpaired) electrons. The maximum Gasteiger partial charge on any atom is 0.335 e. The summed E-state index contributed by atoms with van der Waals surface area (Å²) in [4.78, 5) is 10.8. The largest absolute Gasteiger partial charge is 0.423 e. The molecule has 0 aliphatic rings. The number of hydrogen-bond donors (Lipinski definition) is 1. The number of allylic oxidation sites excluding steroid dienone is 1. The van der Waals surface area contributed by atoms with E-state index < -0.39 is 16.1 Å². The zero-order valence-electron chi connectivity index (χ0n) is 8.45. The van der Waals surface area contributed by atoms with Gasteiger partial charge < -0.3 is 4.74 Å². The van der Waals surface area contributed by atoms with E-state index in [0.717, 1.165) is 12.1 Å². The Kier molecular flexibility index (Phi) is 3.81. The standard InChI is InChI=1S/C10H10O5S/c1-2-3-10(11)15-8-4-6-9(7-5-8)16(12,13)14/h2-7H,1H3,(H,12,13,14). The first-order valence-electron chi connectivity index (χ1n) is 4.35. The number of ether oxygens (including phenoxy) is 1. The van der Waals surface area contributed by atoms with Gasteiger partial charge in [0.25, 0.3) is 10.1 Å². The SMILES string of the molecule is CC=CC(=O)Oc1ccc(S(=O)(=O)O)cc1. The van der Waals surface area contributed by atoms with E-state index in [1.807, 2.05) is 0 Å². The highest BCUT2D eigenvalue weighted by Crippen LogP contribution is 2.15. The fourth-order valence-electron chi connectivity index (χ4n) is 0.966. The highest BCUT2D eigenvalue weighted by molar-refractivity contribution is 7.85. The van der Waals surface area contributed by atoms with Gasteiger partial charge in [0.1, 0.15) is 5.75 Å². The van der Waals surface area contributed by atoms with Crippen molar-refractivity contribution >= 4 is 16.1 Å². The molecule has 0 bridgehead atoms. The van der Waals surface area contributed by atoms with E-state index in [4.69, 9.17) is 9.29 Å². The number of carbonyl (C=O) groups excluding carboxylic acids is 1. The molecule has 16 heavy (non-hydrogen) atoms. The minimum atomic E-state index is -4.21. The maximum absolute atomic E-state index is 11.0. The average molecular weight is 242 g/mol. The molecule has 0 saturated carbocycles. The minimum Gasteiger partial charge on any atom is -0.423 e. The molecule has 5 nitrogen and oxygen atoms in total. The molecule has 0 spiro atoms. The van der Waals surface area contributed by atoms with E-state index in [9.17, 15) is 13.2 Å². The third-order valence-corrected chi connectivity index (χ3v) is 2.51. The number of carbonyl (C=O) groups is 1. The number of benzene rings is 1. The van der Waals surface area contributed by atoms with Gasteiger partial charge in [-0.25, -0.2) is 4.79 Å². The van der Waals surface area contributed by atoms with E-state index in [1.165, 1.54) is 24.3 Å². The van der Waals surface area contributed by atoms with Gasteiger partial charge in [0, 0.05) is 6.08 Å². The Morgan fingerprint density at radius 3 is 2.31 bits per heavy atom. The van der Waals surface area contributed by atoms with Crippen LogP contribution in [0.2, 0.25) is 0 Å². The summed E-state index contributed by atoms with van der Waals surface area (Å²) in [6.07, 6.45) is 2.76. The van der Waals surface area contributed by atoms with Crippen LogP contribution in [0.25, 0.3) is 0 Å². The summed E-state index contributed by atoms with van der Waals surface area (Å²) >= 11 is 0. The zero-order chi connectivity index (χ0) is 12.2. The fourth-order valence-corrected chi connectivity index (χ4v) is 1.45. The van der Waals surface area contributed by atoms with Crippen molar-refractivity contribution in [3.63, 3.8) is 0 Å². The number of hydrogen-bond acceptors (Lipinski definition) is 4. The highest BCUT2D eigenvalue weighted by atomic mass is 32.2. The quantitative estimate of drug-likeness (QED) is 0.375. The molecule has 0 aliphatic carbocycles. The van der Waals surface area contributed by atoms with Gasteiger partial charge in [0.15, 0.2) is 0 Å². The molecule has 1 aromatic carbocycles. The molecule has 0 unspecified atom stereocenters. The Balaban J connectivity index is 2.84. The average Bonchev–Trinajstić information content (AvgIpc) is 2.17. The molecular weight excluding hydrogens is 232 g/mol. The Morgan fingerprint density at radius 2 is 1.88 bits per heavy atom. The van der Waals surface area contributed by atoms with Crippen molar-refractivity contribution in [3.8, 4) is 5.75 Å². The first-order valence-corrected chi connectivity index (χ1v) is 5.79. The smallest absolute Gasteiger partial charge is 0.335 e. The van der Waals surface area contributed by atoms with Crippen LogP contribution in [0, 0.1) is 0 Å². The van der Waals surface area contributed by atoms with Crippen molar-refractivity contribution < 1.29 is 22.5 Å². The topological polar surface area (TPSA) is 80.7 Å². The van der Waals surface area contributed by atoms with Gasteiger partial charge in [-0.1, -0.05) is 6.08 Å². The lowest BCUT2D eigenvalue weighted by Gasteiger charge is -2.01. The summed E-state index contributed by atoms with van der Waals surface area (Å²) in [5.74, 6) is -0.349. The van der Waals surface area contributed by atoms with Gasteiger partial charge >= 0.3 is 5.97 Å². The molecule has 0 heterocycles. The molecule has 0 saturated heterocycles. The third kappa shape index (κ3) is 3.48. The van der Waals surface area contributed by atoms with Crippen molar-refractivity contribution in [2.24, 2.45) is 0 Å². The Hall–Kier alpha value is -1.66. The molecule has 0 atom stereocenters. The predicted octanol–water partition coefficient (Wildman–Crippen LogP) is 1.41. The van der Waals surface area contributed by atoms with Crippen LogP contribution in [0.1, 0.15) is 6.92 Å². The highest BCUT2D eigenvalue weighted by Gasteiger charge is 2.09. The van der Waals surface area contributed by atoms with Crippen molar-refractivity contribution in [2.75, 3.05) is 0 Å². The first kappa shape index (κ1) is 12.4. The first-order chi connectivity index (χ1) is 7.43. The van der Waals surface area contributed by atoms with Crippen molar-refractivity contribution in [1.82, 2.24) is 0 Å².